The molecule has 0 spiro atoms. The minimum absolute atomic E-state index is 0.648. The second-order valence-corrected chi connectivity index (χ2v) is 5.03. The molecule has 0 fully saturated rings. The number of thioether (sulfide) groups is 1. The highest BCUT2D eigenvalue weighted by molar-refractivity contribution is 7.99. The minimum Gasteiger partial charge on any atom is -0.140 e. The molecule has 0 unspecified atom stereocenters. The van der Waals surface area contributed by atoms with Crippen LogP contribution in [0, 0.1) is 0 Å². The topological polar surface area (TPSA) is 0 Å². The molecule has 0 atom stereocenters. The second-order valence-electron chi connectivity index (χ2n) is 1.66. The quantitative estimate of drug-likeness (QED) is 0.687. The maximum atomic E-state index is 5.72. The Morgan fingerprint density at radius 3 is 2.80 bits per heavy atom. The number of hydrogen-bond acceptors (Lipinski definition) is 2. The summed E-state index contributed by atoms with van der Waals surface area (Å²) >= 11 is 14.5. The number of hydrogen-bond donors (Lipinski definition) is 0. The first-order valence-corrected chi connectivity index (χ1v) is 5.59. The summed E-state index contributed by atoms with van der Waals surface area (Å²) in [6, 6.07) is 3.95. The van der Waals surface area contributed by atoms with Gasteiger partial charge in [-0.15, -0.1) is 34.7 Å². The van der Waals surface area contributed by atoms with Crippen molar-refractivity contribution in [1.29, 1.82) is 0 Å². The minimum atomic E-state index is 0.648. The van der Waals surface area contributed by atoms with Crippen LogP contribution in [0.2, 0.25) is 4.34 Å². The van der Waals surface area contributed by atoms with Crippen LogP contribution in [0.1, 0.15) is 4.88 Å². The van der Waals surface area contributed by atoms with Crippen LogP contribution in [0.3, 0.4) is 0 Å². The van der Waals surface area contributed by atoms with Crippen molar-refractivity contribution in [3.63, 3.8) is 0 Å². The van der Waals surface area contributed by atoms with Crippen molar-refractivity contribution in [1.82, 2.24) is 0 Å². The van der Waals surface area contributed by atoms with E-state index in [1.54, 1.807) is 23.1 Å². The van der Waals surface area contributed by atoms with Gasteiger partial charge in [0.2, 0.25) is 0 Å². The van der Waals surface area contributed by atoms with Crippen molar-refractivity contribution in [2.75, 3.05) is 5.21 Å². The van der Waals surface area contributed by atoms with E-state index in [0.29, 0.717) is 5.21 Å². The van der Waals surface area contributed by atoms with Crippen LogP contribution in [0.4, 0.5) is 0 Å². The smallest absolute Gasteiger partial charge is 0.0931 e. The third-order valence-electron chi connectivity index (χ3n) is 0.950. The Morgan fingerprint density at radius 2 is 2.30 bits per heavy atom. The number of alkyl halides is 1. The van der Waals surface area contributed by atoms with Crippen molar-refractivity contribution in [3.8, 4) is 0 Å². The summed E-state index contributed by atoms with van der Waals surface area (Å²) in [7, 11) is 0. The van der Waals surface area contributed by atoms with Crippen LogP contribution >= 0.6 is 46.3 Å². The highest BCUT2D eigenvalue weighted by atomic mass is 35.5. The molecule has 4 heteroatoms. The molecule has 1 aromatic rings. The van der Waals surface area contributed by atoms with Gasteiger partial charge in [-0.1, -0.05) is 11.6 Å². The second kappa shape index (κ2) is 4.50. The Morgan fingerprint density at radius 1 is 1.50 bits per heavy atom. The van der Waals surface area contributed by atoms with Gasteiger partial charge in [-0.3, -0.25) is 0 Å². The third kappa shape index (κ3) is 2.70. The van der Waals surface area contributed by atoms with Crippen molar-refractivity contribution in [2.45, 2.75) is 5.75 Å². The molecular formula is C6H6Cl2S2. The first kappa shape index (κ1) is 8.72. The molecule has 0 aromatic carbocycles. The summed E-state index contributed by atoms with van der Waals surface area (Å²) in [4.78, 5) is 1.29. The lowest BCUT2D eigenvalue weighted by atomic mass is 10.5. The SMILES string of the molecule is ClCSCc1ccc(Cl)s1. The van der Waals surface area contributed by atoms with E-state index in [9.17, 15) is 0 Å². The molecule has 0 saturated heterocycles. The highest BCUT2D eigenvalue weighted by Crippen LogP contribution is 2.25. The molecule has 0 bridgehead atoms. The number of thiophene rings is 1. The molecule has 10 heavy (non-hydrogen) atoms. The average Bonchev–Trinajstić information content (AvgIpc) is 2.31. The van der Waals surface area contributed by atoms with Crippen LogP contribution in [0.5, 0.6) is 0 Å². The Balaban J connectivity index is 2.42. The molecule has 0 saturated carbocycles. The lowest BCUT2D eigenvalue weighted by Gasteiger charge is -1.89. The van der Waals surface area contributed by atoms with Gasteiger partial charge in [0.05, 0.1) is 9.55 Å². The van der Waals surface area contributed by atoms with Crippen LogP contribution in [-0.4, -0.2) is 5.21 Å². The van der Waals surface area contributed by atoms with Gasteiger partial charge >= 0.3 is 0 Å². The summed E-state index contributed by atoms with van der Waals surface area (Å²) in [5.41, 5.74) is 0. The summed E-state index contributed by atoms with van der Waals surface area (Å²) in [5.74, 6) is 0.973. The van der Waals surface area contributed by atoms with Crippen LogP contribution in [0.25, 0.3) is 0 Å². The van der Waals surface area contributed by atoms with Gasteiger partial charge < -0.3 is 0 Å². The zero-order valence-corrected chi connectivity index (χ0v) is 8.29. The normalized spacial score (nSPS) is 10.2. The van der Waals surface area contributed by atoms with E-state index in [-0.39, 0.29) is 0 Å². The molecule has 1 heterocycles. The number of halogens is 2. The van der Waals surface area contributed by atoms with Crippen molar-refractivity contribution < 1.29 is 0 Å². The van der Waals surface area contributed by atoms with Crippen molar-refractivity contribution in [2.24, 2.45) is 0 Å². The summed E-state index contributed by atoms with van der Waals surface area (Å²) in [6.07, 6.45) is 0. The van der Waals surface area contributed by atoms with Crippen LogP contribution < -0.4 is 0 Å². The fraction of sp³-hybridized carbons (Fsp3) is 0.333. The number of rotatable bonds is 3. The molecule has 0 aliphatic carbocycles. The molecule has 56 valence electrons. The van der Waals surface area contributed by atoms with Crippen molar-refractivity contribution in [3.05, 3.63) is 21.3 Å². The Kier molecular flexibility index (Phi) is 3.92. The van der Waals surface area contributed by atoms with Gasteiger partial charge in [-0.25, -0.2) is 0 Å². The van der Waals surface area contributed by atoms with Gasteiger partial charge in [0, 0.05) is 10.6 Å². The van der Waals surface area contributed by atoms with Crippen LogP contribution in [0.15, 0.2) is 12.1 Å². The van der Waals surface area contributed by atoms with Crippen molar-refractivity contribution >= 4 is 46.3 Å². The fourth-order valence-electron chi connectivity index (χ4n) is 0.568. The third-order valence-corrected chi connectivity index (χ3v) is 3.50. The zero-order chi connectivity index (χ0) is 7.40. The predicted octanol–water partition coefficient (Wildman–Crippen LogP) is 3.83. The lowest BCUT2D eigenvalue weighted by Crippen LogP contribution is -1.69. The van der Waals surface area contributed by atoms with E-state index >= 15 is 0 Å². The van der Waals surface area contributed by atoms with E-state index in [0.717, 1.165) is 10.1 Å². The molecule has 0 aliphatic heterocycles. The van der Waals surface area contributed by atoms with Gasteiger partial charge in [-0.05, 0) is 12.1 Å². The molecule has 0 nitrogen and oxygen atoms in total. The van der Waals surface area contributed by atoms with Crippen LogP contribution in [-0.2, 0) is 5.75 Å². The zero-order valence-electron chi connectivity index (χ0n) is 5.14. The Bertz CT molecular complexity index is 197. The maximum Gasteiger partial charge on any atom is 0.0931 e. The van der Waals surface area contributed by atoms with E-state index < -0.39 is 0 Å². The van der Waals surface area contributed by atoms with Gasteiger partial charge in [0.1, 0.15) is 0 Å². The molecule has 1 aromatic heterocycles. The Hall–Kier alpha value is 0.630. The highest BCUT2D eigenvalue weighted by Gasteiger charge is 1.96. The van der Waals surface area contributed by atoms with E-state index in [1.807, 2.05) is 12.1 Å². The summed E-state index contributed by atoms with van der Waals surface area (Å²) < 4.78 is 0.852. The standard InChI is InChI=1S/C6H6Cl2S2/c7-4-9-3-5-1-2-6(8)10-5/h1-2H,3-4H2. The first-order valence-electron chi connectivity index (χ1n) is 2.71. The van der Waals surface area contributed by atoms with E-state index in [1.165, 1.54) is 4.88 Å². The molecule has 0 radical (unpaired) electrons. The van der Waals surface area contributed by atoms with Gasteiger partial charge in [0.25, 0.3) is 0 Å². The molecule has 0 aliphatic rings. The molecule has 0 N–H and O–H groups in total. The fourth-order valence-corrected chi connectivity index (χ4v) is 2.54. The first-order chi connectivity index (χ1) is 4.83. The predicted molar refractivity (Wildman–Crippen MR) is 51.3 cm³/mol. The molecular weight excluding hydrogens is 207 g/mol. The summed E-state index contributed by atoms with van der Waals surface area (Å²) in [5, 5.41) is 0.648. The largest absolute Gasteiger partial charge is 0.140 e. The average molecular weight is 213 g/mol. The maximum absolute atomic E-state index is 5.72. The van der Waals surface area contributed by atoms with E-state index in [2.05, 4.69) is 0 Å². The van der Waals surface area contributed by atoms with Gasteiger partial charge in [-0.2, -0.15) is 0 Å². The monoisotopic (exact) mass is 212 g/mol. The lowest BCUT2D eigenvalue weighted by molar-refractivity contribution is 1.55. The summed E-state index contributed by atoms with van der Waals surface area (Å²) in [6.45, 7) is 0. The Labute approximate surface area is 78.5 Å². The molecule has 1 rings (SSSR count). The molecule has 0 amide bonds. The van der Waals surface area contributed by atoms with E-state index in [4.69, 9.17) is 23.2 Å². The van der Waals surface area contributed by atoms with Gasteiger partial charge in [0.15, 0.2) is 0 Å².